The molecule has 0 radical (unpaired) electrons. The molecule has 0 bridgehead atoms. The fraction of sp³-hybridized carbons (Fsp3) is 0.200. The number of halogens is 2. The van der Waals surface area contributed by atoms with Crippen LogP contribution < -0.4 is 5.32 Å². The number of thiazole rings is 1. The molecule has 2 heterocycles. The van der Waals surface area contributed by atoms with E-state index in [1.165, 1.54) is 17.5 Å². The molecule has 0 spiro atoms. The lowest BCUT2D eigenvalue weighted by atomic mass is 10.2. The molecule has 0 unspecified atom stereocenters. The maximum Gasteiger partial charge on any atom is 0.279 e. The summed E-state index contributed by atoms with van der Waals surface area (Å²) >= 11 is 13.1. The lowest BCUT2D eigenvalue weighted by molar-refractivity contribution is 0.102. The molecular formula is C15H13Cl2N5O2S. The highest BCUT2D eigenvalue weighted by molar-refractivity contribution is 7.15. The molecule has 0 atom stereocenters. The second kappa shape index (κ2) is 7.49. The number of hydrogen-bond donors (Lipinski definition) is 2. The molecule has 25 heavy (non-hydrogen) atoms. The number of anilines is 1. The fourth-order valence-electron chi connectivity index (χ4n) is 2.13. The highest BCUT2D eigenvalue weighted by atomic mass is 35.5. The third-order valence-electron chi connectivity index (χ3n) is 3.44. The first-order valence-corrected chi connectivity index (χ1v) is 8.76. The third-order valence-corrected chi connectivity index (χ3v) is 5.08. The Morgan fingerprint density at radius 1 is 1.36 bits per heavy atom. The largest absolute Gasteiger partial charge is 0.391 e. The van der Waals surface area contributed by atoms with E-state index in [1.807, 2.05) is 6.07 Å². The molecule has 0 aliphatic carbocycles. The van der Waals surface area contributed by atoms with Gasteiger partial charge in [-0.3, -0.25) is 10.1 Å². The van der Waals surface area contributed by atoms with Crippen molar-refractivity contribution in [3.63, 3.8) is 0 Å². The number of amides is 1. The van der Waals surface area contributed by atoms with Gasteiger partial charge in [0.25, 0.3) is 5.91 Å². The van der Waals surface area contributed by atoms with Gasteiger partial charge in [-0.25, -0.2) is 9.67 Å². The summed E-state index contributed by atoms with van der Waals surface area (Å²) < 4.78 is 1.61. The van der Waals surface area contributed by atoms with E-state index in [1.54, 1.807) is 23.7 Å². The van der Waals surface area contributed by atoms with Crippen LogP contribution in [0.3, 0.4) is 0 Å². The summed E-state index contributed by atoms with van der Waals surface area (Å²) in [6, 6.07) is 5.29. The van der Waals surface area contributed by atoms with Crippen molar-refractivity contribution in [2.75, 3.05) is 5.32 Å². The molecule has 2 aromatic heterocycles. The Balaban J connectivity index is 1.75. The predicted molar refractivity (Wildman–Crippen MR) is 96.3 cm³/mol. The van der Waals surface area contributed by atoms with Crippen LogP contribution in [0.5, 0.6) is 0 Å². The summed E-state index contributed by atoms with van der Waals surface area (Å²) in [6.45, 7) is 2.05. The first-order valence-electron chi connectivity index (χ1n) is 7.19. The Hall–Kier alpha value is -2.00. The van der Waals surface area contributed by atoms with Crippen molar-refractivity contribution >= 4 is 45.6 Å². The summed E-state index contributed by atoms with van der Waals surface area (Å²) in [5.74, 6) is -0.406. The number of carbonyl (C=O) groups is 1. The Bertz CT molecular complexity index is 925. The van der Waals surface area contributed by atoms with E-state index in [2.05, 4.69) is 20.6 Å². The molecule has 130 valence electrons. The molecule has 10 heteroatoms. The van der Waals surface area contributed by atoms with E-state index in [0.717, 1.165) is 5.56 Å². The van der Waals surface area contributed by atoms with Crippen LogP contribution in [0.25, 0.3) is 0 Å². The van der Waals surface area contributed by atoms with Crippen LogP contribution in [0.1, 0.15) is 26.6 Å². The quantitative estimate of drug-likeness (QED) is 0.689. The molecule has 0 fully saturated rings. The smallest absolute Gasteiger partial charge is 0.279 e. The molecule has 0 aliphatic heterocycles. The van der Waals surface area contributed by atoms with Crippen LogP contribution >= 0.6 is 34.5 Å². The van der Waals surface area contributed by atoms with Gasteiger partial charge < -0.3 is 5.11 Å². The molecule has 3 aromatic rings. The Kier molecular flexibility index (Phi) is 5.33. The predicted octanol–water partition coefficient (Wildman–Crippen LogP) is 3.14. The SMILES string of the molecule is Cc1c(C(=O)Nc2ncc(CO)s2)nnn1Cc1ccc(Cl)c(Cl)c1. The molecule has 0 saturated heterocycles. The standard InChI is InChI=1S/C15H13Cl2N5O2S/c1-8-13(14(24)19-15-18-5-10(7-23)25-15)20-21-22(8)6-9-2-3-11(16)12(17)4-9/h2-5,23H,6-7H2,1H3,(H,18,19,24). The van der Waals surface area contributed by atoms with E-state index < -0.39 is 5.91 Å². The fourth-order valence-corrected chi connectivity index (χ4v) is 3.11. The van der Waals surface area contributed by atoms with Crippen LogP contribution in [0, 0.1) is 6.92 Å². The van der Waals surface area contributed by atoms with Gasteiger partial charge in [-0.1, -0.05) is 45.8 Å². The Morgan fingerprint density at radius 2 is 2.16 bits per heavy atom. The molecule has 7 nitrogen and oxygen atoms in total. The minimum absolute atomic E-state index is 0.119. The van der Waals surface area contributed by atoms with Crippen molar-refractivity contribution in [3.05, 3.63) is 56.3 Å². The van der Waals surface area contributed by atoms with E-state index in [0.29, 0.717) is 32.3 Å². The lowest BCUT2D eigenvalue weighted by Gasteiger charge is -2.05. The van der Waals surface area contributed by atoms with Gasteiger partial charge in [-0.15, -0.1) is 5.10 Å². The van der Waals surface area contributed by atoms with E-state index in [-0.39, 0.29) is 12.3 Å². The number of aliphatic hydroxyl groups is 1. The number of nitrogens with zero attached hydrogens (tertiary/aromatic N) is 4. The van der Waals surface area contributed by atoms with E-state index in [9.17, 15) is 4.79 Å². The van der Waals surface area contributed by atoms with Crippen LogP contribution in [0.4, 0.5) is 5.13 Å². The highest BCUT2D eigenvalue weighted by Crippen LogP contribution is 2.23. The van der Waals surface area contributed by atoms with Gasteiger partial charge in [0.2, 0.25) is 0 Å². The van der Waals surface area contributed by atoms with Gasteiger partial charge in [-0.05, 0) is 24.6 Å². The summed E-state index contributed by atoms with van der Waals surface area (Å²) in [7, 11) is 0. The minimum atomic E-state index is -0.406. The van der Waals surface area contributed by atoms with Crippen LogP contribution in [0.2, 0.25) is 10.0 Å². The molecule has 1 amide bonds. The van der Waals surface area contributed by atoms with Gasteiger partial charge in [0.15, 0.2) is 10.8 Å². The normalized spacial score (nSPS) is 10.9. The zero-order valence-corrected chi connectivity index (χ0v) is 15.4. The highest BCUT2D eigenvalue weighted by Gasteiger charge is 2.18. The van der Waals surface area contributed by atoms with Crippen molar-refractivity contribution in [2.45, 2.75) is 20.1 Å². The topological polar surface area (TPSA) is 92.9 Å². The lowest BCUT2D eigenvalue weighted by Crippen LogP contribution is -2.14. The molecule has 3 rings (SSSR count). The van der Waals surface area contributed by atoms with Gasteiger partial charge in [0.1, 0.15) is 0 Å². The van der Waals surface area contributed by atoms with Gasteiger partial charge in [0, 0.05) is 6.20 Å². The van der Waals surface area contributed by atoms with Crippen molar-refractivity contribution in [3.8, 4) is 0 Å². The number of nitrogens with one attached hydrogen (secondary N) is 1. The zero-order valence-electron chi connectivity index (χ0n) is 13.0. The van der Waals surface area contributed by atoms with Gasteiger partial charge >= 0.3 is 0 Å². The first kappa shape index (κ1) is 17.8. The number of hydrogen-bond acceptors (Lipinski definition) is 6. The average Bonchev–Trinajstić information content (AvgIpc) is 3.18. The molecule has 0 saturated carbocycles. The Labute approximate surface area is 157 Å². The van der Waals surface area contributed by atoms with Crippen molar-refractivity contribution < 1.29 is 9.90 Å². The van der Waals surface area contributed by atoms with Crippen molar-refractivity contribution in [2.24, 2.45) is 0 Å². The summed E-state index contributed by atoms with van der Waals surface area (Å²) in [5.41, 5.74) is 1.71. The monoisotopic (exact) mass is 397 g/mol. The third kappa shape index (κ3) is 3.98. The first-order chi connectivity index (χ1) is 12.0. The van der Waals surface area contributed by atoms with Gasteiger partial charge in [0.05, 0.1) is 33.8 Å². The zero-order chi connectivity index (χ0) is 18.0. The molecular weight excluding hydrogens is 385 g/mol. The van der Waals surface area contributed by atoms with Gasteiger partial charge in [-0.2, -0.15) is 0 Å². The molecule has 0 aliphatic rings. The molecule has 2 N–H and O–H groups in total. The van der Waals surface area contributed by atoms with Crippen molar-refractivity contribution in [1.82, 2.24) is 20.0 Å². The summed E-state index contributed by atoms with van der Waals surface area (Å²) in [5, 5.41) is 21.0. The number of rotatable bonds is 5. The second-order valence-corrected chi connectivity index (χ2v) is 7.10. The number of aliphatic hydroxyl groups excluding tert-OH is 1. The van der Waals surface area contributed by atoms with Crippen molar-refractivity contribution in [1.29, 1.82) is 0 Å². The Morgan fingerprint density at radius 3 is 2.84 bits per heavy atom. The van der Waals surface area contributed by atoms with E-state index >= 15 is 0 Å². The average molecular weight is 398 g/mol. The number of aromatic nitrogens is 4. The number of benzene rings is 1. The summed E-state index contributed by atoms with van der Waals surface area (Å²) in [6.07, 6.45) is 1.51. The maximum atomic E-state index is 12.3. The molecule has 1 aromatic carbocycles. The van der Waals surface area contributed by atoms with Crippen LogP contribution in [-0.2, 0) is 13.2 Å². The maximum absolute atomic E-state index is 12.3. The van der Waals surface area contributed by atoms with E-state index in [4.69, 9.17) is 28.3 Å². The van der Waals surface area contributed by atoms with Crippen LogP contribution in [-0.4, -0.2) is 31.0 Å². The second-order valence-electron chi connectivity index (χ2n) is 5.17. The minimum Gasteiger partial charge on any atom is -0.391 e. The van der Waals surface area contributed by atoms with Crippen LogP contribution in [0.15, 0.2) is 24.4 Å². The summed E-state index contributed by atoms with van der Waals surface area (Å²) in [4.78, 5) is 17.0. The number of carbonyl (C=O) groups excluding carboxylic acids is 1.